The van der Waals surface area contributed by atoms with E-state index in [1.165, 1.54) is 11.3 Å². The van der Waals surface area contributed by atoms with Crippen LogP contribution in [-0.4, -0.2) is 36.2 Å². The van der Waals surface area contributed by atoms with Crippen molar-refractivity contribution in [3.8, 4) is 0 Å². The highest BCUT2D eigenvalue weighted by atomic mass is 32.1. The molecule has 3 rings (SSSR count). The highest BCUT2D eigenvalue weighted by molar-refractivity contribution is 7.11. The molecule has 2 atom stereocenters. The zero-order valence-electron chi connectivity index (χ0n) is 10.9. The molecule has 1 aromatic carbocycles. The molecule has 5 nitrogen and oxygen atoms in total. The first-order valence-corrected chi connectivity index (χ1v) is 7.11. The second-order valence-corrected chi connectivity index (χ2v) is 5.45. The lowest BCUT2D eigenvalue weighted by atomic mass is 10.1. The van der Waals surface area contributed by atoms with Crippen LogP contribution in [-0.2, 0) is 4.79 Å². The van der Waals surface area contributed by atoms with Crippen LogP contribution in [0.2, 0.25) is 0 Å². The molecule has 0 saturated carbocycles. The van der Waals surface area contributed by atoms with Crippen LogP contribution < -0.4 is 10.6 Å². The topological polar surface area (TPSA) is 71.6 Å². The molecule has 102 valence electrons. The number of nitrogens with zero attached hydrogens (tertiary/aromatic N) is 3. The molecule has 1 aliphatic rings. The van der Waals surface area contributed by atoms with Crippen LogP contribution in [0.15, 0.2) is 40.8 Å². The summed E-state index contributed by atoms with van der Waals surface area (Å²) in [5.41, 5.74) is 8.71. The van der Waals surface area contributed by atoms with Crippen molar-refractivity contribution in [3.63, 3.8) is 0 Å². The molecule has 0 aliphatic carbocycles. The summed E-state index contributed by atoms with van der Waals surface area (Å²) in [6.07, 6.45) is 1.97. The van der Waals surface area contributed by atoms with Gasteiger partial charge in [0.15, 0.2) is 0 Å². The van der Waals surface area contributed by atoms with Crippen LogP contribution in [0.3, 0.4) is 0 Å². The maximum atomic E-state index is 11.3. The van der Waals surface area contributed by atoms with Gasteiger partial charge in [-0.05, 0) is 6.07 Å². The fraction of sp³-hybridized carbons (Fsp3) is 0.214. The zero-order valence-corrected chi connectivity index (χ0v) is 11.7. The smallest absolute Gasteiger partial charge is 0.145 e. The van der Waals surface area contributed by atoms with Gasteiger partial charge in [0.1, 0.15) is 29.2 Å². The number of hydrogen-bond acceptors (Lipinski definition) is 6. The number of para-hydroxylation sites is 1. The van der Waals surface area contributed by atoms with Crippen molar-refractivity contribution in [2.24, 2.45) is 10.7 Å². The normalized spacial score (nSPS) is 21.9. The molecule has 1 aliphatic heterocycles. The average molecular weight is 286 g/mol. The fourth-order valence-electron chi connectivity index (χ4n) is 2.35. The minimum absolute atomic E-state index is 0.478. The minimum atomic E-state index is -0.608. The number of anilines is 1. The first kappa shape index (κ1) is 13.0. The minimum Gasteiger partial charge on any atom is -0.361 e. The Morgan fingerprint density at radius 2 is 2.20 bits per heavy atom. The van der Waals surface area contributed by atoms with Crippen LogP contribution in [0.4, 0.5) is 5.69 Å². The Hall–Kier alpha value is -2.05. The first-order chi connectivity index (χ1) is 9.72. The summed E-state index contributed by atoms with van der Waals surface area (Å²) < 4.78 is 0. The summed E-state index contributed by atoms with van der Waals surface area (Å²) in [6.45, 7) is 0. The Balaban J connectivity index is 2.23. The molecular formula is C14H14N4OS. The van der Waals surface area contributed by atoms with Gasteiger partial charge < -0.3 is 15.4 Å². The van der Waals surface area contributed by atoms with E-state index in [2.05, 4.69) is 9.98 Å². The summed E-state index contributed by atoms with van der Waals surface area (Å²) in [4.78, 5) is 22.1. The molecule has 6 heteroatoms. The van der Waals surface area contributed by atoms with Gasteiger partial charge in [-0.15, -0.1) is 11.3 Å². The maximum Gasteiger partial charge on any atom is 0.145 e. The lowest BCUT2D eigenvalue weighted by Crippen LogP contribution is -2.45. The monoisotopic (exact) mass is 286 g/mol. The molecule has 0 bridgehead atoms. The van der Waals surface area contributed by atoms with Gasteiger partial charge in [-0.1, -0.05) is 18.2 Å². The lowest BCUT2D eigenvalue weighted by molar-refractivity contribution is -0.109. The number of nitrogens with two attached hydrogens (primary N) is 1. The third kappa shape index (κ3) is 2.03. The van der Waals surface area contributed by atoms with Crippen molar-refractivity contribution in [1.29, 1.82) is 0 Å². The fourth-order valence-corrected chi connectivity index (χ4v) is 3.00. The number of hydrogen-bond donors (Lipinski definition) is 1. The summed E-state index contributed by atoms with van der Waals surface area (Å²) in [6, 6.07) is 7.35. The van der Waals surface area contributed by atoms with Gasteiger partial charge in [0.05, 0.1) is 0 Å². The number of aromatic nitrogens is 1. The number of fused-ring (bicyclic) bond motifs is 1. The van der Waals surface area contributed by atoms with Crippen LogP contribution in [0, 0.1) is 0 Å². The van der Waals surface area contributed by atoms with Gasteiger partial charge in [0, 0.05) is 29.9 Å². The second kappa shape index (κ2) is 5.15. The van der Waals surface area contributed by atoms with Crippen molar-refractivity contribution in [1.82, 2.24) is 4.98 Å². The number of benzodiazepines with no additional fused rings is 1. The van der Waals surface area contributed by atoms with Gasteiger partial charge in [-0.2, -0.15) is 0 Å². The third-order valence-electron chi connectivity index (χ3n) is 3.39. The molecule has 0 amide bonds. The van der Waals surface area contributed by atoms with E-state index in [4.69, 9.17) is 5.73 Å². The van der Waals surface area contributed by atoms with Crippen LogP contribution in [0.25, 0.3) is 0 Å². The molecule has 0 spiro atoms. The highest BCUT2D eigenvalue weighted by Gasteiger charge is 2.29. The number of carbonyl (C=O) groups is 1. The molecule has 20 heavy (non-hydrogen) atoms. The van der Waals surface area contributed by atoms with E-state index in [1.54, 1.807) is 6.20 Å². The Bertz CT molecular complexity index is 653. The van der Waals surface area contributed by atoms with E-state index in [1.807, 2.05) is 41.6 Å². The Morgan fingerprint density at radius 1 is 1.40 bits per heavy atom. The third-order valence-corrected chi connectivity index (χ3v) is 4.17. The molecule has 0 saturated heterocycles. The average Bonchev–Trinajstić information content (AvgIpc) is 2.96. The van der Waals surface area contributed by atoms with E-state index in [-0.39, 0.29) is 0 Å². The van der Waals surface area contributed by atoms with E-state index in [9.17, 15) is 4.79 Å². The van der Waals surface area contributed by atoms with E-state index < -0.39 is 12.2 Å². The number of rotatable bonds is 2. The predicted molar refractivity (Wildman–Crippen MR) is 80.4 cm³/mol. The number of benzene rings is 1. The summed E-state index contributed by atoms with van der Waals surface area (Å²) in [7, 11) is 1.86. The number of carbonyl (C=O) groups excluding carboxylic acids is 1. The Morgan fingerprint density at radius 3 is 2.90 bits per heavy atom. The molecule has 2 heterocycles. The maximum absolute atomic E-state index is 11.3. The number of aliphatic imine (C=N–C) groups is 1. The van der Waals surface area contributed by atoms with Crippen LogP contribution in [0.1, 0.15) is 10.6 Å². The molecular weight excluding hydrogens is 272 g/mol. The van der Waals surface area contributed by atoms with E-state index >= 15 is 0 Å². The van der Waals surface area contributed by atoms with Crippen molar-refractivity contribution < 1.29 is 4.79 Å². The second-order valence-electron chi connectivity index (χ2n) is 4.56. The summed E-state index contributed by atoms with van der Waals surface area (Å²) in [5.74, 6) is 0. The molecule has 0 fully saturated rings. The molecule has 2 unspecified atom stereocenters. The largest absolute Gasteiger partial charge is 0.361 e. The van der Waals surface area contributed by atoms with E-state index in [0.717, 1.165) is 28.3 Å². The van der Waals surface area contributed by atoms with Crippen LogP contribution in [0.5, 0.6) is 0 Å². The van der Waals surface area contributed by atoms with Gasteiger partial charge in [-0.3, -0.25) is 4.99 Å². The van der Waals surface area contributed by atoms with Gasteiger partial charge >= 0.3 is 0 Å². The number of aldehydes is 1. The van der Waals surface area contributed by atoms with Crippen molar-refractivity contribution in [3.05, 3.63) is 46.4 Å². The Kier molecular flexibility index (Phi) is 3.33. The molecule has 2 aromatic rings. The Labute approximate surface area is 120 Å². The highest BCUT2D eigenvalue weighted by Crippen LogP contribution is 2.28. The lowest BCUT2D eigenvalue weighted by Gasteiger charge is -2.27. The standard InChI is InChI=1S/C14H14N4OS/c1-18-10-5-3-2-4-9(10)12(14-16-6-7-20-14)17-13(15)11(18)8-19/h2-8,11,13H,15H2,1H3. The van der Waals surface area contributed by atoms with Gasteiger partial charge in [-0.25, -0.2) is 4.98 Å². The van der Waals surface area contributed by atoms with Crippen molar-refractivity contribution in [2.45, 2.75) is 12.2 Å². The van der Waals surface area contributed by atoms with Crippen molar-refractivity contribution in [2.75, 3.05) is 11.9 Å². The predicted octanol–water partition coefficient (Wildman–Crippen LogP) is 1.28. The van der Waals surface area contributed by atoms with Crippen LogP contribution >= 0.6 is 11.3 Å². The number of likely N-dealkylation sites (N-methyl/N-ethyl adjacent to an activating group) is 1. The van der Waals surface area contributed by atoms with Gasteiger partial charge in [0.25, 0.3) is 0 Å². The van der Waals surface area contributed by atoms with E-state index in [0.29, 0.717) is 0 Å². The van der Waals surface area contributed by atoms with Crippen molar-refractivity contribution >= 4 is 29.0 Å². The molecule has 0 radical (unpaired) electrons. The molecule has 2 N–H and O–H groups in total. The summed E-state index contributed by atoms with van der Waals surface area (Å²) >= 11 is 1.51. The quantitative estimate of drug-likeness (QED) is 0.844. The number of thiazole rings is 1. The SMILES string of the molecule is CN1c2ccccc2C(c2nccs2)=NC(N)C1C=O. The summed E-state index contributed by atoms with van der Waals surface area (Å²) in [5, 5.41) is 2.71. The first-order valence-electron chi connectivity index (χ1n) is 6.23. The zero-order chi connectivity index (χ0) is 14.1. The molecule has 1 aromatic heterocycles. The van der Waals surface area contributed by atoms with Gasteiger partial charge in [0.2, 0.25) is 0 Å².